The highest BCUT2D eigenvalue weighted by Crippen LogP contribution is 2.57. The molecule has 0 aliphatic heterocycles. The van der Waals surface area contributed by atoms with Gasteiger partial charge < -0.3 is 9.32 Å². The second-order valence-electron chi connectivity index (χ2n) is 14.0. The van der Waals surface area contributed by atoms with Crippen LogP contribution in [-0.2, 0) is 5.41 Å². The van der Waals surface area contributed by atoms with Crippen molar-refractivity contribution in [2.75, 3.05) is 4.90 Å². The molecule has 2 nitrogen and oxygen atoms in total. The van der Waals surface area contributed by atoms with Gasteiger partial charge in [-0.05, 0) is 98.1 Å². The van der Waals surface area contributed by atoms with Gasteiger partial charge in [-0.1, -0.05) is 152 Å². The summed E-state index contributed by atoms with van der Waals surface area (Å²) in [7, 11) is 0. The molecule has 1 aromatic heterocycles. The monoisotopic (exact) mass is 675 g/mol. The van der Waals surface area contributed by atoms with Crippen LogP contribution in [-0.4, -0.2) is 0 Å². The number of furan rings is 1. The molecule has 0 radical (unpaired) electrons. The molecule has 0 N–H and O–H groups in total. The lowest BCUT2D eigenvalue weighted by Crippen LogP contribution is -2.28. The van der Waals surface area contributed by atoms with Gasteiger partial charge in [0.15, 0.2) is 0 Å². The molecule has 0 bridgehead atoms. The zero-order valence-corrected chi connectivity index (χ0v) is 28.9. The van der Waals surface area contributed by atoms with Crippen LogP contribution in [0.4, 0.5) is 17.1 Å². The summed E-state index contributed by atoms with van der Waals surface area (Å²) in [6.07, 6.45) is 0. The number of rotatable bonds is 5. The Morgan fingerprint density at radius 3 is 1.81 bits per heavy atom. The second-order valence-corrected chi connectivity index (χ2v) is 14.0. The molecule has 10 aromatic rings. The third-order valence-electron chi connectivity index (χ3n) is 11.3. The first kappa shape index (κ1) is 29.8. The molecule has 0 saturated carbocycles. The van der Waals surface area contributed by atoms with Crippen LogP contribution < -0.4 is 4.90 Å². The summed E-state index contributed by atoms with van der Waals surface area (Å²) in [5, 5.41) is 7.06. The Morgan fingerprint density at radius 2 is 1.02 bits per heavy atom. The third-order valence-corrected chi connectivity index (χ3v) is 11.3. The summed E-state index contributed by atoms with van der Waals surface area (Å²) in [5.41, 5.74) is 12.4. The van der Waals surface area contributed by atoms with Crippen LogP contribution in [0.3, 0.4) is 0 Å². The van der Waals surface area contributed by atoms with E-state index in [0.29, 0.717) is 0 Å². The molecule has 0 amide bonds. The van der Waals surface area contributed by atoms with Crippen LogP contribution in [0.5, 0.6) is 0 Å². The van der Waals surface area contributed by atoms with Crippen molar-refractivity contribution < 1.29 is 4.42 Å². The van der Waals surface area contributed by atoms with E-state index in [4.69, 9.17) is 4.42 Å². The minimum absolute atomic E-state index is 0.440. The standard InChI is InChI=1S/C51H33NO/c1-4-15-35(16-5-1)51(36-17-6-2-7-18-36)46-24-12-10-21-40(46)44-32-38(28-30-47(44)51)52(37-19-8-3-9-20-37)48-25-14-23-39-41(48)29-27-34-31-45-42-22-11-13-26-49(42)53-50(45)33-43(34)39/h1-33H. The molecule has 11 rings (SSSR count). The predicted octanol–water partition coefficient (Wildman–Crippen LogP) is 13.7. The molecule has 2 heteroatoms. The first-order chi connectivity index (χ1) is 26.3. The molecule has 53 heavy (non-hydrogen) atoms. The van der Waals surface area contributed by atoms with Crippen molar-refractivity contribution in [1.29, 1.82) is 0 Å². The van der Waals surface area contributed by atoms with Gasteiger partial charge in [0.05, 0.1) is 11.1 Å². The summed E-state index contributed by atoms with van der Waals surface area (Å²) in [5.74, 6) is 0. The van der Waals surface area contributed by atoms with Crippen LogP contribution in [0.2, 0.25) is 0 Å². The summed E-state index contributed by atoms with van der Waals surface area (Å²) in [6.45, 7) is 0. The molecule has 0 unspecified atom stereocenters. The van der Waals surface area contributed by atoms with Gasteiger partial charge >= 0.3 is 0 Å². The number of para-hydroxylation sites is 2. The fourth-order valence-corrected chi connectivity index (χ4v) is 9.07. The number of anilines is 3. The highest BCUT2D eigenvalue weighted by atomic mass is 16.3. The summed E-state index contributed by atoms with van der Waals surface area (Å²) < 4.78 is 6.37. The van der Waals surface area contributed by atoms with Gasteiger partial charge in [-0.3, -0.25) is 0 Å². The lowest BCUT2D eigenvalue weighted by molar-refractivity contribution is 0.669. The molecule has 0 fully saturated rings. The maximum absolute atomic E-state index is 6.37. The smallest absolute Gasteiger partial charge is 0.136 e. The Balaban J connectivity index is 1.15. The van der Waals surface area contributed by atoms with Crippen molar-refractivity contribution in [3.8, 4) is 11.1 Å². The molecule has 1 aliphatic carbocycles. The van der Waals surface area contributed by atoms with Gasteiger partial charge in [-0.25, -0.2) is 0 Å². The summed E-state index contributed by atoms with van der Waals surface area (Å²) in [4.78, 5) is 2.42. The number of hydrogen-bond donors (Lipinski definition) is 0. The van der Waals surface area contributed by atoms with Crippen molar-refractivity contribution in [3.63, 3.8) is 0 Å². The first-order valence-electron chi connectivity index (χ1n) is 18.3. The molecule has 248 valence electrons. The molecular weight excluding hydrogens is 643 g/mol. The zero-order valence-electron chi connectivity index (χ0n) is 28.9. The van der Waals surface area contributed by atoms with E-state index in [2.05, 4.69) is 193 Å². The largest absolute Gasteiger partial charge is 0.456 e. The maximum atomic E-state index is 6.37. The van der Waals surface area contributed by atoms with E-state index in [-0.39, 0.29) is 0 Å². The SMILES string of the molecule is c1ccc(N(c2ccc3c(c2)-c2ccccc2C3(c2ccccc2)c2ccccc2)c2cccc3c2ccc2cc4c(cc23)oc2ccccc24)cc1. The second kappa shape index (κ2) is 11.6. The average Bonchev–Trinajstić information content (AvgIpc) is 3.74. The van der Waals surface area contributed by atoms with E-state index in [0.717, 1.165) is 39.0 Å². The quantitative estimate of drug-likeness (QED) is 0.169. The molecule has 1 heterocycles. The highest BCUT2D eigenvalue weighted by molar-refractivity contribution is 6.18. The normalized spacial score (nSPS) is 13.1. The van der Waals surface area contributed by atoms with Gasteiger partial charge in [0.1, 0.15) is 11.2 Å². The van der Waals surface area contributed by atoms with E-state index in [1.165, 1.54) is 54.9 Å². The predicted molar refractivity (Wildman–Crippen MR) is 221 cm³/mol. The van der Waals surface area contributed by atoms with Crippen LogP contribution in [0.25, 0.3) is 54.6 Å². The Bertz CT molecular complexity index is 2960. The van der Waals surface area contributed by atoms with E-state index in [1.54, 1.807) is 0 Å². The molecule has 9 aromatic carbocycles. The third kappa shape index (κ3) is 4.33. The number of nitrogens with zero attached hydrogens (tertiary/aromatic N) is 1. The average molecular weight is 676 g/mol. The van der Waals surface area contributed by atoms with E-state index in [9.17, 15) is 0 Å². The summed E-state index contributed by atoms with van der Waals surface area (Å²) >= 11 is 0. The van der Waals surface area contributed by atoms with Crippen molar-refractivity contribution in [1.82, 2.24) is 0 Å². The zero-order chi connectivity index (χ0) is 34.9. The minimum atomic E-state index is -0.440. The van der Waals surface area contributed by atoms with Gasteiger partial charge in [0.2, 0.25) is 0 Å². The molecule has 0 spiro atoms. The number of hydrogen-bond acceptors (Lipinski definition) is 2. The lowest BCUT2D eigenvalue weighted by Gasteiger charge is -2.34. The van der Waals surface area contributed by atoms with Crippen LogP contribution in [0.1, 0.15) is 22.3 Å². The van der Waals surface area contributed by atoms with E-state index >= 15 is 0 Å². The van der Waals surface area contributed by atoms with Crippen molar-refractivity contribution in [2.45, 2.75) is 5.41 Å². The highest BCUT2D eigenvalue weighted by Gasteiger charge is 2.46. The van der Waals surface area contributed by atoms with Crippen molar-refractivity contribution in [3.05, 3.63) is 222 Å². The van der Waals surface area contributed by atoms with E-state index < -0.39 is 5.41 Å². The molecule has 0 atom stereocenters. The topological polar surface area (TPSA) is 16.4 Å². The molecule has 1 aliphatic rings. The Kier molecular flexibility index (Phi) is 6.50. The summed E-state index contributed by atoms with van der Waals surface area (Å²) in [6, 6.07) is 72.8. The van der Waals surface area contributed by atoms with E-state index in [1.807, 2.05) is 12.1 Å². The fraction of sp³-hybridized carbons (Fsp3) is 0.0196. The van der Waals surface area contributed by atoms with Gasteiger partial charge in [-0.2, -0.15) is 0 Å². The lowest BCUT2D eigenvalue weighted by atomic mass is 9.68. The fourth-order valence-electron chi connectivity index (χ4n) is 9.07. The Labute approximate surface area is 307 Å². The first-order valence-corrected chi connectivity index (χ1v) is 18.3. The number of benzene rings is 9. The van der Waals surface area contributed by atoms with Crippen LogP contribution in [0, 0.1) is 0 Å². The number of fused-ring (bicyclic) bond motifs is 9. The van der Waals surface area contributed by atoms with Gasteiger partial charge in [0.25, 0.3) is 0 Å². The van der Waals surface area contributed by atoms with Crippen LogP contribution >= 0.6 is 0 Å². The van der Waals surface area contributed by atoms with Crippen molar-refractivity contribution in [2.24, 2.45) is 0 Å². The molecular formula is C51H33NO. The van der Waals surface area contributed by atoms with Gasteiger partial charge in [-0.15, -0.1) is 0 Å². The Hall–Kier alpha value is -6.90. The van der Waals surface area contributed by atoms with Gasteiger partial charge in [0, 0.05) is 27.5 Å². The van der Waals surface area contributed by atoms with Crippen molar-refractivity contribution >= 4 is 60.5 Å². The Morgan fingerprint density at radius 1 is 0.358 bits per heavy atom. The van der Waals surface area contributed by atoms with Crippen LogP contribution in [0.15, 0.2) is 205 Å². The molecule has 0 saturated heterocycles. The minimum Gasteiger partial charge on any atom is -0.456 e. The maximum Gasteiger partial charge on any atom is 0.136 e.